The molecule has 10 heteroatoms. The normalized spacial score (nSPS) is 15.2. The molecule has 3 heterocycles. The first-order valence-electron chi connectivity index (χ1n) is 9.10. The van der Waals surface area contributed by atoms with Gasteiger partial charge in [-0.1, -0.05) is 22.9 Å². The lowest BCUT2D eigenvalue weighted by molar-refractivity contribution is -0.119. The highest BCUT2D eigenvalue weighted by Gasteiger charge is 2.22. The third kappa shape index (κ3) is 4.17. The van der Waals surface area contributed by atoms with Crippen molar-refractivity contribution in [3.8, 4) is 0 Å². The summed E-state index contributed by atoms with van der Waals surface area (Å²) in [6.07, 6.45) is 2.97. The lowest BCUT2D eigenvalue weighted by atomic mass is 10.2. The van der Waals surface area contributed by atoms with Gasteiger partial charge in [0, 0.05) is 31.2 Å². The number of amides is 1. The van der Waals surface area contributed by atoms with Crippen LogP contribution in [-0.2, 0) is 16.1 Å². The van der Waals surface area contributed by atoms with Crippen LogP contribution in [0.2, 0.25) is 5.02 Å². The SMILES string of the molecule is Cc1c(Cl)ccc2sc(N(CCN3CCOCC3)C(=O)Cn3cncn3)nc12. The van der Waals surface area contributed by atoms with Crippen LogP contribution in [0.4, 0.5) is 5.13 Å². The number of hydrogen-bond acceptors (Lipinski definition) is 7. The first-order valence-corrected chi connectivity index (χ1v) is 10.3. The van der Waals surface area contributed by atoms with E-state index in [4.69, 9.17) is 21.3 Å². The van der Waals surface area contributed by atoms with Crippen molar-refractivity contribution in [2.75, 3.05) is 44.3 Å². The van der Waals surface area contributed by atoms with Gasteiger partial charge in [0.05, 0.1) is 23.4 Å². The van der Waals surface area contributed by atoms with Gasteiger partial charge < -0.3 is 4.74 Å². The Morgan fingerprint density at radius 1 is 1.36 bits per heavy atom. The Labute approximate surface area is 171 Å². The van der Waals surface area contributed by atoms with Crippen LogP contribution in [0, 0.1) is 6.92 Å². The van der Waals surface area contributed by atoms with Gasteiger partial charge >= 0.3 is 0 Å². The van der Waals surface area contributed by atoms with Crippen molar-refractivity contribution in [1.82, 2.24) is 24.6 Å². The van der Waals surface area contributed by atoms with Gasteiger partial charge in [-0.15, -0.1) is 0 Å². The second kappa shape index (κ2) is 8.52. The summed E-state index contributed by atoms with van der Waals surface area (Å²) in [7, 11) is 0. The first kappa shape index (κ1) is 19.3. The number of thiazole rings is 1. The molecule has 0 radical (unpaired) electrons. The molecule has 28 heavy (non-hydrogen) atoms. The maximum absolute atomic E-state index is 13.0. The number of benzene rings is 1. The lowest BCUT2D eigenvalue weighted by Crippen LogP contribution is -2.44. The van der Waals surface area contributed by atoms with Gasteiger partial charge in [-0.3, -0.25) is 14.6 Å². The number of halogens is 1. The highest BCUT2D eigenvalue weighted by molar-refractivity contribution is 7.22. The van der Waals surface area contributed by atoms with Crippen LogP contribution in [-0.4, -0.2) is 69.9 Å². The Hall–Kier alpha value is -2.07. The van der Waals surface area contributed by atoms with Crippen molar-refractivity contribution in [1.29, 1.82) is 0 Å². The zero-order valence-electron chi connectivity index (χ0n) is 15.5. The zero-order chi connectivity index (χ0) is 19.5. The summed E-state index contributed by atoms with van der Waals surface area (Å²) in [5.74, 6) is -0.0680. The van der Waals surface area contributed by atoms with Gasteiger partial charge in [0.2, 0.25) is 0 Å². The molecule has 1 aromatic carbocycles. The zero-order valence-corrected chi connectivity index (χ0v) is 17.1. The van der Waals surface area contributed by atoms with E-state index in [0.717, 1.165) is 48.6 Å². The fraction of sp³-hybridized carbons (Fsp3) is 0.444. The number of rotatable bonds is 6. The highest BCUT2D eigenvalue weighted by Crippen LogP contribution is 2.33. The summed E-state index contributed by atoms with van der Waals surface area (Å²) in [6, 6.07) is 3.82. The number of nitrogens with zero attached hydrogens (tertiary/aromatic N) is 6. The minimum Gasteiger partial charge on any atom is -0.379 e. The summed E-state index contributed by atoms with van der Waals surface area (Å²) in [5.41, 5.74) is 1.77. The monoisotopic (exact) mass is 420 g/mol. The van der Waals surface area contributed by atoms with Gasteiger partial charge in [0.25, 0.3) is 5.91 Å². The Balaban J connectivity index is 1.59. The van der Waals surface area contributed by atoms with E-state index in [9.17, 15) is 4.79 Å². The Morgan fingerprint density at radius 2 is 2.18 bits per heavy atom. The number of morpholine rings is 1. The van der Waals surface area contributed by atoms with E-state index in [1.54, 1.807) is 11.2 Å². The summed E-state index contributed by atoms with van der Waals surface area (Å²) < 4.78 is 7.95. The van der Waals surface area contributed by atoms with E-state index in [2.05, 4.69) is 15.0 Å². The van der Waals surface area contributed by atoms with Crippen molar-refractivity contribution < 1.29 is 9.53 Å². The molecule has 1 fully saturated rings. The molecular weight excluding hydrogens is 400 g/mol. The smallest absolute Gasteiger partial charge is 0.250 e. The molecule has 0 atom stereocenters. The van der Waals surface area contributed by atoms with E-state index < -0.39 is 0 Å². The van der Waals surface area contributed by atoms with Crippen molar-refractivity contribution in [2.24, 2.45) is 0 Å². The van der Waals surface area contributed by atoms with Gasteiger partial charge in [-0.05, 0) is 24.6 Å². The molecule has 4 rings (SSSR count). The van der Waals surface area contributed by atoms with Gasteiger partial charge in [-0.25, -0.2) is 14.6 Å². The highest BCUT2D eigenvalue weighted by atomic mass is 35.5. The molecule has 0 N–H and O–H groups in total. The van der Waals surface area contributed by atoms with Crippen LogP contribution < -0.4 is 4.90 Å². The molecule has 3 aromatic rings. The van der Waals surface area contributed by atoms with Gasteiger partial charge in [0.15, 0.2) is 5.13 Å². The van der Waals surface area contributed by atoms with Crippen molar-refractivity contribution in [3.05, 3.63) is 35.4 Å². The van der Waals surface area contributed by atoms with Gasteiger partial charge in [-0.2, -0.15) is 5.10 Å². The van der Waals surface area contributed by atoms with Crippen LogP contribution in [0.3, 0.4) is 0 Å². The standard InChI is InChI=1S/C18H21ClN6O2S/c1-13-14(19)2-3-15-17(13)22-18(28-15)25(5-4-23-6-8-27-9-7-23)16(26)10-24-12-20-11-21-24/h2-3,11-12H,4-10H2,1H3. The van der Waals surface area contributed by atoms with Gasteiger partial charge in [0.1, 0.15) is 19.2 Å². The third-order valence-electron chi connectivity index (χ3n) is 4.78. The molecule has 1 amide bonds. The molecular formula is C18H21ClN6O2S. The topological polar surface area (TPSA) is 76.4 Å². The molecule has 8 nitrogen and oxygen atoms in total. The molecule has 1 aliphatic heterocycles. The Bertz CT molecular complexity index is 955. The second-order valence-corrected chi connectivity index (χ2v) is 8.02. The fourth-order valence-electron chi connectivity index (χ4n) is 3.14. The van der Waals surface area contributed by atoms with E-state index in [1.165, 1.54) is 22.3 Å². The molecule has 148 valence electrons. The average molecular weight is 421 g/mol. The van der Waals surface area contributed by atoms with Crippen molar-refractivity contribution in [3.63, 3.8) is 0 Å². The number of fused-ring (bicyclic) bond motifs is 1. The number of ether oxygens (including phenoxy) is 1. The van der Waals surface area contributed by atoms with Crippen LogP contribution >= 0.6 is 22.9 Å². The lowest BCUT2D eigenvalue weighted by Gasteiger charge is -2.29. The van der Waals surface area contributed by atoms with E-state index in [-0.39, 0.29) is 12.5 Å². The minimum atomic E-state index is -0.0680. The fourth-order valence-corrected chi connectivity index (χ4v) is 4.36. The Kier molecular flexibility index (Phi) is 5.86. The molecule has 0 saturated carbocycles. The number of carbonyl (C=O) groups excluding carboxylic acids is 1. The quantitative estimate of drug-likeness (QED) is 0.608. The largest absolute Gasteiger partial charge is 0.379 e. The van der Waals surface area contributed by atoms with E-state index >= 15 is 0 Å². The molecule has 0 unspecified atom stereocenters. The van der Waals surface area contributed by atoms with Crippen molar-refractivity contribution in [2.45, 2.75) is 13.5 Å². The molecule has 2 aromatic heterocycles. The maximum atomic E-state index is 13.0. The second-order valence-electron chi connectivity index (χ2n) is 6.61. The van der Waals surface area contributed by atoms with Crippen molar-refractivity contribution >= 4 is 44.2 Å². The predicted octanol–water partition coefficient (Wildman–Crippen LogP) is 2.22. The summed E-state index contributed by atoms with van der Waals surface area (Å²) >= 11 is 7.75. The third-order valence-corrected chi connectivity index (χ3v) is 6.23. The molecule has 0 aliphatic carbocycles. The number of aryl methyl sites for hydroxylation is 1. The molecule has 0 bridgehead atoms. The average Bonchev–Trinajstić information content (AvgIpc) is 3.36. The van der Waals surface area contributed by atoms with Crippen LogP contribution in [0.25, 0.3) is 10.2 Å². The van der Waals surface area contributed by atoms with Crippen LogP contribution in [0.1, 0.15) is 5.56 Å². The van der Waals surface area contributed by atoms with Crippen LogP contribution in [0.15, 0.2) is 24.8 Å². The maximum Gasteiger partial charge on any atom is 0.250 e. The van der Waals surface area contributed by atoms with E-state index in [1.807, 2.05) is 19.1 Å². The van der Waals surface area contributed by atoms with E-state index in [0.29, 0.717) is 16.7 Å². The Morgan fingerprint density at radius 3 is 2.93 bits per heavy atom. The molecule has 1 aliphatic rings. The number of hydrogen-bond donors (Lipinski definition) is 0. The summed E-state index contributed by atoms with van der Waals surface area (Å²) in [6.45, 7) is 6.60. The molecule has 0 spiro atoms. The number of aromatic nitrogens is 4. The predicted molar refractivity (Wildman–Crippen MR) is 109 cm³/mol. The first-order chi connectivity index (χ1) is 13.6. The van der Waals surface area contributed by atoms with Crippen LogP contribution in [0.5, 0.6) is 0 Å². The summed E-state index contributed by atoms with van der Waals surface area (Å²) in [5, 5.41) is 5.41. The summed E-state index contributed by atoms with van der Waals surface area (Å²) in [4.78, 5) is 25.7. The number of anilines is 1. The molecule has 1 saturated heterocycles. The number of carbonyl (C=O) groups is 1. The minimum absolute atomic E-state index is 0.0680.